The highest BCUT2D eigenvalue weighted by atomic mass is 16.5. The molecule has 0 bridgehead atoms. The van der Waals surface area contributed by atoms with E-state index < -0.39 is 0 Å². The molecule has 1 saturated heterocycles. The number of pyridine rings is 1. The van der Waals surface area contributed by atoms with Crippen LogP contribution in [0.4, 0.5) is 5.69 Å². The van der Waals surface area contributed by atoms with Gasteiger partial charge < -0.3 is 15.0 Å². The van der Waals surface area contributed by atoms with Crippen molar-refractivity contribution in [1.82, 2.24) is 9.88 Å². The highest BCUT2D eigenvalue weighted by Gasteiger charge is 2.18. The number of rotatable bonds is 7. The number of likely N-dealkylation sites (tertiary alicyclic amines) is 1. The number of ether oxygens (including phenoxy) is 1. The van der Waals surface area contributed by atoms with Gasteiger partial charge in [-0.1, -0.05) is 37.1 Å². The fourth-order valence-corrected chi connectivity index (χ4v) is 3.97. The Morgan fingerprint density at radius 1 is 0.848 bits per heavy atom. The highest BCUT2D eigenvalue weighted by molar-refractivity contribution is 6.06. The van der Waals surface area contributed by atoms with E-state index in [4.69, 9.17) is 4.74 Å². The number of carbonyl (C=O) groups is 2. The Balaban J connectivity index is 1.36. The lowest BCUT2D eigenvalue weighted by atomic mass is 10.1. The molecule has 0 radical (unpaired) electrons. The Bertz CT molecular complexity index is 1060. The Morgan fingerprint density at radius 2 is 1.52 bits per heavy atom. The predicted octanol–water partition coefficient (Wildman–Crippen LogP) is 4.71. The molecule has 0 aliphatic carbocycles. The van der Waals surface area contributed by atoms with Gasteiger partial charge in [-0.25, -0.2) is 0 Å². The highest BCUT2D eigenvalue weighted by Crippen LogP contribution is 2.21. The van der Waals surface area contributed by atoms with E-state index in [0.717, 1.165) is 37.9 Å². The number of benzene rings is 2. The van der Waals surface area contributed by atoms with Gasteiger partial charge in [-0.3, -0.25) is 14.6 Å². The van der Waals surface area contributed by atoms with Crippen LogP contribution in [0.2, 0.25) is 0 Å². The SMILES string of the molecule is O=C(Nc1ccc(Cc2ccncc2)cc1)c1ccccc1OCC(=O)N1CCCCCC1. The third-order valence-corrected chi connectivity index (χ3v) is 5.81. The van der Waals surface area contributed by atoms with Gasteiger partial charge in [0.25, 0.3) is 11.8 Å². The summed E-state index contributed by atoms with van der Waals surface area (Å²) in [6.45, 7) is 1.50. The Kier molecular flexibility index (Phi) is 7.69. The summed E-state index contributed by atoms with van der Waals surface area (Å²) in [5.41, 5.74) is 3.44. The van der Waals surface area contributed by atoms with E-state index in [2.05, 4.69) is 10.3 Å². The molecular formula is C27H29N3O3. The maximum Gasteiger partial charge on any atom is 0.260 e. The average molecular weight is 444 g/mol. The summed E-state index contributed by atoms with van der Waals surface area (Å²) in [6.07, 6.45) is 8.77. The van der Waals surface area contributed by atoms with Crippen LogP contribution < -0.4 is 10.1 Å². The van der Waals surface area contributed by atoms with E-state index in [1.807, 2.05) is 41.3 Å². The van der Waals surface area contributed by atoms with E-state index >= 15 is 0 Å². The lowest BCUT2D eigenvalue weighted by molar-refractivity contribution is -0.133. The third-order valence-electron chi connectivity index (χ3n) is 5.81. The number of aromatic nitrogens is 1. The van der Waals surface area contributed by atoms with Crippen LogP contribution in [0, 0.1) is 0 Å². The molecule has 1 fully saturated rings. The van der Waals surface area contributed by atoms with Gasteiger partial charge in [0.2, 0.25) is 0 Å². The van der Waals surface area contributed by atoms with Gasteiger partial charge in [0.1, 0.15) is 5.75 Å². The minimum absolute atomic E-state index is 0.0307. The van der Waals surface area contributed by atoms with Gasteiger partial charge in [0.05, 0.1) is 5.56 Å². The summed E-state index contributed by atoms with van der Waals surface area (Å²) in [7, 11) is 0. The summed E-state index contributed by atoms with van der Waals surface area (Å²) in [5.74, 6) is 0.110. The Hall–Kier alpha value is -3.67. The third kappa shape index (κ3) is 6.42. The van der Waals surface area contributed by atoms with Crippen LogP contribution in [0.25, 0.3) is 0 Å². The largest absolute Gasteiger partial charge is 0.483 e. The zero-order chi connectivity index (χ0) is 22.9. The van der Waals surface area contributed by atoms with Gasteiger partial charge in [-0.05, 0) is 66.8 Å². The lowest BCUT2D eigenvalue weighted by Gasteiger charge is -2.20. The van der Waals surface area contributed by atoms with Gasteiger partial charge in [0, 0.05) is 31.2 Å². The molecule has 33 heavy (non-hydrogen) atoms. The van der Waals surface area contributed by atoms with E-state index in [-0.39, 0.29) is 18.4 Å². The van der Waals surface area contributed by atoms with Crippen molar-refractivity contribution in [2.75, 3.05) is 25.0 Å². The van der Waals surface area contributed by atoms with Crippen LogP contribution in [-0.2, 0) is 11.2 Å². The zero-order valence-corrected chi connectivity index (χ0v) is 18.7. The number of nitrogens with zero attached hydrogens (tertiary/aromatic N) is 2. The smallest absolute Gasteiger partial charge is 0.260 e. The first-order valence-electron chi connectivity index (χ1n) is 11.5. The van der Waals surface area contributed by atoms with Crippen LogP contribution >= 0.6 is 0 Å². The summed E-state index contributed by atoms with van der Waals surface area (Å²) >= 11 is 0. The molecular weight excluding hydrogens is 414 g/mol. The normalized spacial score (nSPS) is 13.8. The molecule has 6 heteroatoms. The average Bonchev–Trinajstić information content (AvgIpc) is 3.14. The Labute approximate surface area is 194 Å². The topological polar surface area (TPSA) is 71.5 Å². The van der Waals surface area contributed by atoms with E-state index in [0.29, 0.717) is 17.0 Å². The first-order chi connectivity index (χ1) is 16.2. The van der Waals surface area contributed by atoms with Crippen molar-refractivity contribution in [2.24, 2.45) is 0 Å². The number of nitrogens with one attached hydrogen (secondary N) is 1. The van der Waals surface area contributed by atoms with Crippen LogP contribution in [0.5, 0.6) is 5.75 Å². The van der Waals surface area contributed by atoms with Crippen molar-refractivity contribution in [3.8, 4) is 5.75 Å². The summed E-state index contributed by atoms with van der Waals surface area (Å²) in [6, 6.07) is 18.8. The fourth-order valence-electron chi connectivity index (χ4n) is 3.97. The molecule has 3 aromatic rings. The molecule has 1 N–H and O–H groups in total. The van der Waals surface area contributed by atoms with Crippen LogP contribution in [0.15, 0.2) is 73.1 Å². The van der Waals surface area contributed by atoms with Crippen LogP contribution in [0.1, 0.15) is 47.2 Å². The number of carbonyl (C=O) groups excluding carboxylic acids is 2. The second kappa shape index (κ2) is 11.3. The molecule has 170 valence electrons. The number of hydrogen-bond acceptors (Lipinski definition) is 4. The molecule has 1 aliphatic heterocycles. The van der Waals surface area contributed by atoms with Crippen molar-refractivity contribution < 1.29 is 14.3 Å². The second-order valence-electron chi connectivity index (χ2n) is 8.26. The minimum atomic E-state index is -0.269. The molecule has 0 saturated carbocycles. The van der Waals surface area contributed by atoms with Crippen molar-refractivity contribution in [2.45, 2.75) is 32.1 Å². The first kappa shape index (κ1) is 22.5. The van der Waals surface area contributed by atoms with E-state index in [1.54, 1.807) is 36.7 Å². The van der Waals surface area contributed by atoms with Gasteiger partial charge in [-0.15, -0.1) is 0 Å². The molecule has 6 nitrogen and oxygen atoms in total. The van der Waals surface area contributed by atoms with Gasteiger partial charge in [0.15, 0.2) is 6.61 Å². The number of anilines is 1. The Morgan fingerprint density at radius 3 is 2.24 bits per heavy atom. The van der Waals surface area contributed by atoms with Crippen LogP contribution in [-0.4, -0.2) is 41.4 Å². The molecule has 1 aromatic heterocycles. The lowest BCUT2D eigenvalue weighted by Crippen LogP contribution is -2.35. The van der Waals surface area contributed by atoms with Crippen molar-refractivity contribution >= 4 is 17.5 Å². The number of amides is 2. The molecule has 4 rings (SSSR count). The van der Waals surface area contributed by atoms with Crippen molar-refractivity contribution in [1.29, 1.82) is 0 Å². The molecule has 1 aliphatic rings. The van der Waals surface area contributed by atoms with Crippen LogP contribution in [0.3, 0.4) is 0 Å². The molecule has 2 heterocycles. The van der Waals surface area contributed by atoms with Gasteiger partial charge in [-0.2, -0.15) is 0 Å². The zero-order valence-electron chi connectivity index (χ0n) is 18.7. The standard InChI is InChI=1S/C27H29N3O3/c31-26(30-17-5-1-2-6-18-30)20-33-25-8-4-3-7-24(25)27(32)29-23-11-9-21(10-12-23)19-22-13-15-28-16-14-22/h3-4,7-16H,1-2,5-6,17-20H2,(H,29,32). The van der Waals surface area contributed by atoms with Crippen molar-refractivity contribution in [3.63, 3.8) is 0 Å². The molecule has 0 spiro atoms. The summed E-state index contributed by atoms with van der Waals surface area (Å²) in [4.78, 5) is 31.4. The van der Waals surface area contributed by atoms with Crippen molar-refractivity contribution in [3.05, 3.63) is 89.7 Å². The molecule has 0 atom stereocenters. The fraction of sp³-hybridized carbons (Fsp3) is 0.296. The first-order valence-corrected chi connectivity index (χ1v) is 11.5. The molecule has 2 aromatic carbocycles. The summed E-state index contributed by atoms with van der Waals surface area (Å²) < 4.78 is 5.78. The monoisotopic (exact) mass is 443 g/mol. The summed E-state index contributed by atoms with van der Waals surface area (Å²) in [5, 5.41) is 2.92. The second-order valence-corrected chi connectivity index (χ2v) is 8.26. The van der Waals surface area contributed by atoms with E-state index in [9.17, 15) is 9.59 Å². The van der Waals surface area contributed by atoms with Gasteiger partial charge >= 0.3 is 0 Å². The number of para-hydroxylation sites is 1. The molecule has 2 amide bonds. The number of hydrogen-bond donors (Lipinski definition) is 1. The molecule has 0 unspecified atom stereocenters. The quantitative estimate of drug-likeness (QED) is 0.574. The minimum Gasteiger partial charge on any atom is -0.483 e. The predicted molar refractivity (Wildman–Crippen MR) is 128 cm³/mol. The maximum absolute atomic E-state index is 12.9. The maximum atomic E-state index is 12.9. The van der Waals surface area contributed by atoms with E-state index in [1.165, 1.54) is 18.4 Å².